The zero-order valence-electron chi connectivity index (χ0n) is 18.4. The number of sulfone groups is 1. The molecule has 1 aromatic heterocycles. The zero-order chi connectivity index (χ0) is 22.1. The summed E-state index contributed by atoms with van der Waals surface area (Å²) in [7, 11) is 0.0878. The van der Waals surface area contributed by atoms with E-state index in [0.29, 0.717) is 18.2 Å². The number of aryl methyl sites for hydroxylation is 3. The van der Waals surface area contributed by atoms with Crippen LogP contribution >= 0.6 is 23.7 Å². The molecule has 0 aliphatic carbocycles. The Hall–Kier alpha value is -2.00. The van der Waals surface area contributed by atoms with E-state index in [1.54, 1.807) is 24.3 Å². The summed E-state index contributed by atoms with van der Waals surface area (Å²) in [6, 6.07) is 10.6. The molecule has 0 fully saturated rings. The molecule has 2 aromatic carbocycles. The second-order valence-corrected chi connectivity index (χ2v) is 10.8. The van der Waals surface area contributed by atoms with E-state index in [4.69, 9.17) is 4.98 Å². The Morgan fingerprint density at radius 2 is 1.58 bits per heavy atom. The van der Waals surface area contributed by atoms with Gasteiger partial charge in [0, 0.05) is 13.1 Å². The third-order valence-corrected chi connectivity index (χ3v) is 7.76. The number of likely N-dealkylation sites (N-methyl/N-ethyl adjacent to an activating group) is 1. The Kier molecular flexibility index (Phi) is 8.21. The van der Waals surface area contributed by atoms with Crippen LogP contribution < -0.4 is 4.90 Å². The molecular formula is C22H28ClN3O3S2. The quantitative estimate of drug-likeness (QED) is 0.510. The number of fused-ring (bicyclic) bond motifs is 1. The molecule has 0 atom stereocenters. The van der Waals surface area contributed by atoms with Crippen LogP contribution in [0.2, 0.25) is 0 Å². The highest BCUT2D eigenvalue weighted by Crippen LogP contribution is 2.33. The maximum absolute atomic E-state index is 13.2. The van der Waals surface area contributed by atoms with E-state index in [1.165, 1.54) is 16.2 Å². The number of amides is 1. The number of aromatic nitrogens is 1. The van der Waals surface area contributed by atoms with Crippen LogP contribution in [0, 0.1) is 20.8 Å². The lowest BCUT2D eigenvalue weighted by atomic mass is 10.1. The zero-order valence-corrected chi connectivity index (χ0v) is 20.8. The van der Waals surface area contributed by atoms with Gasteiger partial charge in [-0.15, -0.1) is 12.4 Å². The van der Waals surface area contributed by atoms with Crippen molar-refractivity contribution in [3.05, 3.63) is 53.1 Å². The van der Waals surface area contributed by atoms with Gasteiger partial charge in [0.25, 0.3) is 0 Å². The van der Waals surface area contributed by atoms with Gasteiger partial charge >= 0.3 is 0 Å². The molecule has 9 heteroatoms. The van der Waals surface area contributed by atoms with Crippen LogP contribution in [0.3, 0.4) is 0 Å². The van der Waals surface area contributed by atoms with Gasteiger partial charge in [0.15, 0.2) is 15.0 Å². The molecule has 0 unspecified atom stereocenters. The van der Waals surface area contributed by atoms with Gasteiger partial charge < -0.3 is 4.90 Å². The second kappa shape index (κ2) is 10.1. The Morgan fingerprint density at radius 1 is 0.968 bits per heavy atom. The SMILES string of the molecule is Cc1ccc(S(=O)(=O)CC(=O)N(CCN(C)C)c2nc3c(C)ccc(C)c3s2)cc1.Cl. The predicted octanol–water partition coefficient (Wildman–Crippen LogP) is 4.01. The molecule has 0 bridgehead atoms. The van der Waals surface area contributed by atoms with Crippen molar-refractivity contribution in [3.8, 4) is 0 Å². The Labute approximate surface area is 194 Å². The molecule has 0 saturated heterocycles. The van der Waals surface area contributed by atoms with E-state index in [-0.39, 0.29) is 17.3 Å². The molecule has 168 valence electrons. The summed E-state index contributed by atoms with van der Waals surface area (Å²) in [5, 5.41) is 0.536. The lowest BCUT2D eigenvalue weighted by molar-refractivity contribution is -0.116. The minimum atomic E-state index is -3.74. The molecule has 0 radical (unpaired) electrons. The smallest absolute Gasteiger partial charge is 0.244 e. The highest BCUT2D eigenvalue weighted by Gasteiger charge is 2.27. The van der Waals surface area contributed by atoms with Crippen molar-refractivity contribution >= 4 is 54.8 Å². The van der Waals surface area contributed by atoms with Crippen LogP contribution in [0.5, 0.6) is 0 Å². The molecular weight excluding hydrogens is 454 g/mol. The van der Waals surface area contributed by atoms with Gasteiger partial charge in [-0.2, -0.15) is 0 Å². The summed E-state index contributed by atoms with van der Waals surface area (Å²) < 4.78 is 26.7. The van der Waals surface area contributed by atoms with E-state index < -0.39 is 21.5 Å². The molecule has 3 aromatic rings. The summed E-state index contributed by atoms with van der Waals surface area (Å²) in [4.78, 5) is 21.5. The third-order valence-electron chi connectivity index (χ3n) is 4.93. The predicted molar refractivity (Wildman–Crippen MR) is 130 cm³/mol. The van der Waals surface area contributed by atoms with E-state index >= 15 is 0 Å². The molecule has 0 saturated carbocycles. The van der Waals surface area contributed by atoms with E-state index in [1.807, 2.05) is 51.9 Å². The van der Waals surface area contributed by atoms with Crippen molar-refractivity contribution in [3.63, 3.8) is 0 Å². The van der Waals surface area contributed by atoms with Gasteiger partial charge in [-0.25, -0.2) is 13.4 Å². The standard InChI is InChI=1S/C22H27N3O3S2.ClH/c1-15-6-10-18(11-7-15)30(27,28)14-19(26)25(13-12-24(4)5)22-23-20-16(2)8-9-17(3)21(20)29-22;/h6-11H,12-14H2,1-5H3;1H. The van der Waals surface area contributed by atoms with Gasteiger partial charge in [0.1, 0.15) is 5.75 Å². The molecule has 0 aliphatic heterocycles. The summed E-state index contributed by atoms with van der Waals surface area (Å²) >= 11 is 1.43. The van der Waals surface area contributed by atoms with Crippen molar-refractivity contribution in [2.75, 3.05) is 37.8 Å². The summed E-state index contributed by atoms with van der Waals surface area (Å²) in [6.45, 7) is 6.86. The first kappa shape index (κ1) is 25.3. The number of thiazole rings is 1. The van der Waals surface area contributed by atoms with Crippen molar-refractivity contribution < 1.29 is 13.2 Å². The van der Waals surface area contributed by atoms with Crippen molar-refractivity contribution in [1.29, 1.82) is 0 Å². The highest BCUT2D eigenvalue weighted by molar-refractivity contribution is 7.92. The number of rotatable bonds is 7. The van der Waals surface area contributed by atoms with Crippen LogP contribution in [0.15, 0.2) is 41.3 Å². The van der Waals surface area contributed by atoms with E-state index in [9.17, 15) is 13.2 Å². The number of hydrogen-bond donors (Lipinski definition) is 0. The van der Waals surface area contributed by atoms with E-state index in [2.05, 4.69) is 0 Å². The molecule has 1 amide bonds. The topological polar surface area (TPSA) is 70.6 Å². The van der Waals surface area contributed by atoms with Gasteiger partial charge in [-0.05, 0) is 58.1 Å². The maximum atomic E-state index is 13.2. The largest absolute Gasteiger partial charge is 0.308 e. The van der Waals surface area contributed by atoms with Gasteiger partial charge in [-0.1, -0.05) is 41.2 Å². The van der Waals surface area contributed by atoms with E-state index in [0.717, 1.165) is 26.9 Å². The minimum absolute atomic E-state index is 0. The molecule has 31 heavy (non-hydrogen) atoms. The molecule has 0 N–H and O–H groups in total. The molecule has 6 nitrogen and oxygen atoms in total. The highest BCUT2D eigenvalue weighted by atomic mass is 35.5. The Bertz CT molecular complexity index is 1130. The maximum Gasteiger partial charge on any atom is 0.244 e. The third kappa shape index (κ3) is 5.83. The molecule has 0 spiro atoms. The number of benzene rings is 2. The number of hydrogen-bond acceptors (Lipinski definition) is 6. The summed E-state index contributed by atoms with van der Waals surface area (Å²) in [6.07, 6.45) is 0. The minimum Gasteiger partial charge on any atom is -0.308 e. The van der Waals surface area contributed by atoms with Crippen molar-refractivity contribution in [2.24, 2.45) is 0 Å². The monoisotopic (exact) mass is 481 g/mol. The number of carbonyl (C=O) groups excluding carboxylic acids is 1. The summed E-state index contributed by atoms with van der Waals surface area (Å²) in [5.74, 6) is -1.05. The lowest BCUT2D eigenvalue weighted by Crippen LogP contribution is -2.40. The fourth-order valence-electron chi connectivity index (χ4n) is 3.06. The first-order valence-corrected chi connectivity index (χ1v) is 12.2. The van der Waals surface area contributed by atoms with Crippen LogP contribution in [0.25, 0.3) is 10.2 Å². The fraction of sp³-hybridized carbons (Fsp3) is 0.364. The first-order valence-electron chi connectivity index (χ1n) is 9.70. The van der Waals surface area contributed by atoms with Gasteiger partial charge in [-0.3, -0.25) is 9.69 Å². The van der Waals surface area contributed by atoms with Crippen LogP contribution in [-0.2, 0) is 14.6 Å². The van der Waals surface area contributed by atoms with Crippen molar-refractivity contribution in [2.45, 2.75) is 25.7 Å². The fourth-order valence-corrected chi connectivity index (χ4v) is 5.41. The average molecular weight is 482 g/mol. The molecule has 1 heterocycles. The average Bonchev–Trinajstić information content (AvgIpc) is 3.11. The molecule has 3 rings (SSSR count). The number of nitrogens with zero attached hydrogens (tertiary/aromatic N) is 3. The first-order chi connectivity index (χ1) is 14.1. The lowest BCUT2D eigenvalue weighted by Gasteiger charge is -2.22. The second-order valence-electron chi connectivity index (χ2n) is 7.79. The Balaban J connectivity index is 0.00000341. The number of halogens is 1. The van der Waals surface area contributed by atoms with Crippen LogP contribution in [-0.4, -0.2) is 57.1 Å². The molecule has 0 aliphatic rings. The van der Waals surface area contributed by atoms with Crippen molar-refractivity contribution in [1.82, 2.24) is 9.88 Å². The number of anilines is 1. The Morgan fingerprint density at radius 3 is 2.16 bits per heavy atom. The summed E-state index contributed by atoms with van der Waals surface area (Å²) in [5.41, 5.74) is 3.95. The van der Waals surface area contributed by atoms with Crippen LogP contribution in [0.4, 0.5) is 5.13 Å². The normalized spacial score (nSPS) is 11.5. The number of carbonyl (C=O) groups is 1. The van der Waals surface area contributed by atoms with Gasteiger partial charge in [0.05, 0.1) is 15.1 Å². The van der Waals surface area contributed by atoms with Gasteiger partial charge in [0.2, 0.25) is 5.91 Å². The van der Waals surface area contributed by atoms with Crippen LogP contribution in [0.1, 0.15) is 16.7 Å².